The summed E-state index contributed by atoms with van der Waals surface area (Å²) >= 11 is 0. The van der Waals surface area contributed by atoms with Gasteiger partial charge in [0.2, 0.25) is 0 Å². The Morgan fingerprint density at radius 2 is 2.27 bits per heavy atom. The third-order valence-corrected chi connectivity index (χ3v) is 1.90. The van der Waals surface area contributed by atoms with Crippen LogP contribution in [0.2, 0.25) is 0 Å². The van der Waals surface area contributed by atoms with Crippen LogP contribution < -0.4 is 0 Å². The summed E-state index contributed by atoms with van der Waals surface area (Å²) in [6.45, 7) is -0.152. The van der Waals surface area contributed by atoms with E-state index in [0.29, 0.717) is 12.8 Å². The molecule has 0 saturated carbocycles. The molecule has 0 aromatic carbocycles. The lowest BCUT2D eigenvalue weighted by atomic mass is 10.1. The predicted octanol–water partition coefficient (Wildman–Crippen LogP) is -0.509. The van der Waals surface area contributed by atoms with Crippen LogP contribution in [0.15, 0.2) is 0 Å². The van der Waals surface area contributed by atoms with E-state index in [2.05, 4.69) is 0 Å². The van der Waals surface area contributed by atoms with Crippen LogP contribution in [0, 0.1) is 0 Å². The Morgan fingerprint density at radius 1 is 1.55 bits per heavy atom. The van der Waals surface area contributed by atoms with Crippen molar-refractivity contribution in [1.29, 1.82) is 0 Å². The van der Waals surface area contributed by atoms with Gasteiger partial charge in [0, 0.05) is 13.5 Å². The second kappa shape index (κ2) is 4.01. The molecule has 1 fully saturated rings. The Hall–Kier alpha value is -0.160. The summed E-state index contributed by atoms with van der Waals surface area (Å²) in [5.74, 6) is 0. The largest absolute Gasteiger partial charge is 0.394 e. The number of aliphatic hydroxyl groups is 2. The lowest BCUT2D eigenvalue weighted by Gasteiger charge is -2.31. The molecule has 66 valence electrons. The Bertz CT molecular complexity index is 117. The van der Waals surface area contributed by atoms with E-state index in [1.807, 2.05) is 0 Å². The van der Waals surface area contributed by atoms with Crippen LogP contribution in [0.5, 0.6) is 0 Å². The minimum atomic E-state index is -0.550. The van der Waals surface area contributed by atoms with E-state index in [9.17, 15) is 5.11 Å². The van der Waals surface area contributed by atoms with Crippen LogP contribution in [0.3, 0.4) is 0 Å². The molecular formula is C7H14O4. The highest BCUT2D eigenvalue weighted by atomic mass is 16.7. The van der Waals surface area contributed by atoms with Gasteiger partial charge in [0.1, 0.15) is 6.10 Å². The van der Waals surface area contributed by atoms with Crippen LogP contribution >= 0.6 is 0 Å². The molecule has 0 aromatic rings. The molecule has 0 aromatic heterocycles. The van der Waals surface area contributed by atoms with Gasteiger partial charge >= 0.3 is 0 Å². The van der Waals surface area contributed by atoms with Crippen LogP contribution in [-0.4, -0.2) is 42.4 Å². The average Bonchev–Trinajstić information content (AvgIpc) is 2.05. The molecule has 3 atom stereocenters. The maximum atomic E-state index is 9.24. The summed E-state index contributed by atoms with van der Waals surface area (Å²) in [6, 6.07) is 0. The quantitative estimate of drug-likeness (QED) is 0.574. The van der Waals surface area contributed by atoms with Gasteiger partial charge in [-0.2, -0.15) is 0 Å². The van der Waals surface area contributed by atoms with E-state index in [1.165, 1.54) is 0 Å². The van der Waals surface area contributed by atoms with Gasteiger partial charge < -0.3 is 19.7 Å². The second-order valence-electron chi connectivity index (χ2n) is 2.67. The molecule has 1 aliphatic heterocycles. The number of aliphatic hydroxyl groups excluding tert-OH is 2. The summed E-state index contributed by atoms with van der Waals surface area (Å²) in [5, 5.41) is 18.0. The summed E-state index contributed by atoms with van der Waals surface area (Å²) in [6.07, 6.45) is 0.0217. The molecule has 0 amide bonds. The zero-order valence-electron chi connectivity index (χ0n) is 6.56. The molecule has 0 spiro atoms. The zero-order valence-corrected chi connectivity index (χ0v) is 6.56. The number of ether oxygens (including phenoxy) is 2. The number of hydrogen-bond donors (Lipinski definition) is 2. The van der Waals surface area contributed by atoms with Crippen molar-refractivity contribution in [3.8, 4) is 0 Å². The maximum Gasteiger partial charge on any atom is 0.157 e. The third-order valence-electron chi connectivity index (χ3n) is 1.90. The number of methoxy groups -OCH3 is 1. The van der Waals surface area contributed by atoms with Gasteiger partial charge in [0.05, 0.1) is 12.7 Å². The molecule has 11 heavy (non-hydrogen) atoms. The SMILES string of the molecule is COC1CC[C@@H](O)[C@@H](CO)O1. The molecule has 1 rings (SSSR count). The fourth-order valence-corrected chi connectivity index (χ4v) is 1.18. The van der Waals surface area contributed by atoms with E-state index >= 15 is 0 Å². The van der Waals surface area contributed by atoms with Crippen molar-refractivity contribution < 1.29 is 19.7 Å². The van der Waals surface area contributed by atoms with Crippen molar-refractivity contribution in [1.82, 2.24) is 0 Å². The standard InChI is InChI=1S/C7H14O4/c1-10-7-3-2-5(9)6(4-8)11-7/h5-9H,2-4H2,1H3/t5-,6-,7?/m1/s1. The van der Waals surface area contributed by atoms with Crippen molar-refractivity contribution >= 4 is 0 Å². The molecule has 0 bridgehead atoms. The highest BCUT2D eigenvalue weighted by Gasteiger charge is 2.28. The summed E-state index contributed by atoms with van der Waals surface area (Å²) in [5.41, 5.74) is 0. The van der Waals surface area contributed by atoms with Crippen LogP contribution in [-0.2, 0) is 9.47 Å². The molecule has 4 nitrogen and oxygen atoms in total. The zero-order chi connectivity index (χ0) is 8.27. The smallest absolute Gasteiger partial charge is 0.157 e. The Labute approximate surface area is 65.7 Å². The molecule has 1 aliphatic rings. The van der Waals surface area contributed by atoms with E-state index in [-0.39, 0.29) is 12.9 Å². The van der Waals surface area contributed by atoms with Crippen molar-refractivity contribution in [2.75, 3.05) is 13.7 Å². The molecule has 1 unspecified atom stereocenters. The summed E-state index contributed by atoms with van der Waals surface area (Å²) in [7, 11) is 1.55. The van der Waals surface area contributed by atoms with Gasteiger partial charge in [-0.1, -0.05) is 0 Å². The first kappa shape index (κ1) is 8.93. The van der Waals surface area contributed by atoms with Crippen LogP contribution in [0.4, 0.5) is 0 Å². The molecule has 0 radical (unpaired) electrons. The first-order chi connectivity index (χ1) is 5.27. The minimum absolute atomic E-state index is 0.152. The number of rotatable bonds is 2. The third kappa shape index (κ3) is 2.13. The van der Waals surface area contributed by atoms with E-state index < -0.39 is 12.2 Å². The maximum absolute atomic E-state index is 9.24. The average molecular weight is 162 g/mol. The first-order valence-electron chi connectivity index (χ1n) is 3.75. The van der Waals surface area contributed by atoms with Gasteiger partial charge in [-0.15, -0.1) is 0 Å². The molecule has 2 N–H and O–H groups in total. The van der Waals surface area contributed by atoms with Gasteiger partial charge in [-0.05, 0) is 6.42 Å². The van der Waals surface area contributed by atoms with Crippen molar-refractivity contribution in [3.63, 3.8) is 0 Å². The summed E-state index contributed by atoms with van der Waals surface area (Å²) < 4.78 is 10.1. The number of hydrogen-bond acceptors (Lipinski definition) is 4. The van der Waals surface area contributed by atoms with Gasteiger partial charge in [0.25, 0.3) is 0 Å². The Morgan fingerprint density at radius 3 is 2.82 bits per heavy atom. The fraction of sp³-hybridized carbons (Fsp3) is 1.00. The van der Waals surface area contributed by atoms with Crippen molar-refractivity contribution in [2.24, 2.45) is 0 Å². The second-order valence-corrected chi connectivity index (χ2v) is 2.67. The highest BCUT2D eigenvalue weighted by Crippen LogP contribution is 2.19. The Kier molecular flexibility index (Phi) is 3.26. The monoisotopic (exact) mass is 162 g/mol. The van der Waals surface area contributed by atoms with Crippen LogP contribution in [0.25, 0.3) is 0 Å². The van der Waals surface area contributed by atoms with E-state index in [4.69, 9.17) is 14.6 Å². The minimum Gasteiger partial charge on any atom is -0.394 e. The van der Waals surface area contributed by atoms with Gasteiger partial charge in [-0.3, -0.25) is 0 Å². The highest BCUT2D eigenvalue weighted by molar-refractivity contribution is 4.74. The van der Waals surface area contributed by atoms with Crippen LogP contribution in [0.1, 0.15) is 12.8 Å². The molecule has 0 aliphatic carbocycles. The molecular weight excluding hydrogens is 148 g/mol. The lowest BCUT2D eigenvalue weighted by molar-refractivity contribution is -0.219. The van der Waals surface area contributed by atoms with Crippen molar-refractivity contribution in [3.05, 3.63) is 0 Å². The lowest BCUT2D eigenvalue weighted by Crippen LogP contribution is -2.41. The topological polar surface area (TPSA) is 58.9 Å². The fourth-order valence-electron chi connectivity index (χ4n) is 1.18. The summed E-state index contributed by atoms with van der Waals surface area (Å²) in [4.78, 5) is 0. The Balaban J connectivity index is 2.37. The predicted molar refractivity (Wildman–Crippen MR) is 38.0 cm³/mol. The van der Waals surface area contributed by atoms with E-state index in [0.717, 1.165) is 0 Å². The molecule has 4 heteroatoms. The van der Waals surface area contributed by atoms with E-state index in [1.54, 1.807) is 7.11 Å². The first-order valence-corrected chi connectivity index (χ1v) is 3.75. The molecule has 1 saturated heterocycles. The van der Waals surface area contributed by atoms with Crippen molar-refractivity contribution in [2.45, 2.75) is 31.3 Å². The normalized spacial score (nSPS) is 39.0. The van der Waals surface area contributed by atoms with Gasteiger partial charge in [0.15, 0.2) is 6.29 Å². The van der Waals surface area contributed by atoms with Gasteiger partial charge in [-0.25, -0.2) is 0 Å². The molecule has 1 heterocycles.